The summed E-state index contributed by atoms with van der Waals surface area (Å²) in [5, 5.41) is 0.410. The van der Waals surface area contributed by atoms with Gasteiger partial charge >= 0.3 is 0 Å². The van der Waals surface area contributed by atoms with Gasteiger partial charge in [0.05, 0.1) is 0 Å². The van der Waals surface area contributed by atoms with Gasteiger partial charge in [0.25, 0.3) is 0 Å². The predicted octanol–water partition coefficient (Wildman–Crippen LogP) is 2.29. The SMILES string of the molecule is Cc1cc(N(C)CC2CCN(C)C2)ncc1S(=O)(=O)N(C)CC1CCCS1. The molecule has 0 bridgehead atoms. The van der Waals surface area contributed by atoms with Crippen molar-refractivity contribution in [2.24, 2.45) is 5.92 Å². The third kappa shape index (κ3) is 4.96. The van der Waals surface area contributed by atoms with Crippen molar-refractivity contribution in [3.8, 4) is 0 Å². The number of sulfonamides is 1. The number of hydrogen-bond donors (Lipinski definition) is 0. The van der Waals surface area contributed by atoms with Gasteiger partial charge in [-0.25, -0.2) is 13.4 Å². The number of hydrogen-bond acceptors (Lipinski definition) is 6. The Balaban J connectivity index is 1.69. The highest BCUT2D eigenvalue weighted by atomic mass is 32.2. The first-order valence-corrected chi connectivity index (χ1v) is 12.2. The molecule has 27 heavy (non-hydrogen) atoms. The van der Waals surface area contributed by atoms with Crippen LogP contribution in [0.15, 0.2) is 17.2 Å². The van der Waals surface area contributed by atoms with Crippen LogP contribution in [0.25, 0.3) is 0 Å². The molecule has 3 heterocycles. The zero-order chi connectivity index (χ0) is 19.6. The van der Waals surface area contributed by atoms with Crippen LogP contribution in [0.2, 0.25) is 0 Å². The van der Waals surface area contributed by atoms with E-state index in [0.29, 0.717) is 22.6 Å². The summed E-state index contributed by atoms with van der Waals surface area (Å²) in [6.45, 7) is 5.64. The lowest BCUT2D eigenvalue weighted by atomic mass is 10.1. The molecule has 0 radical (unpaired) electrons. The predicted molar refractivity (Wildman–Crippen MR) is 113 cm³/mol. The molecule has 0 N–H and O–H groups in total. The molecule has 0 amide bonds. The summed E-state index contributed by atoms with van der Waals surface area (Å²) in [6.07, 6.45) is 5.02. The summed E-state index contributed by atoms with van der Waals surface area (Å²) >= 11 is 1.88. The Morgan fingerprint density at radius 1 is 1.30 bits per heavy atom. The standard InChI is InChI=1S/C19H32N4O2S2/c1-15-10-19(22(3)13-16-7-8-21(2)12-16)20-11-18(15)27(24,25)23(4)14-17-6-5-9-26-17/h10-11,16-17H,5-9,12-14H2,1-4H3. The van der Waals surface area contributed by atoms with Gasteiger partial charge in [0.1, 0.15) is 10.7 Å². The molecular weight excluding hydrogens is 380 g/mol. The summed E-state index contributed by atoms with van der Waals surface area (Å²) in [6, 6.07) is 1.91. The monoisotopic (exact) mass is 412 g/mol. The van der Waals surface area contributed by atoms with Crippen LogP contribution in [0.1, 0.15) is 24.8 Å². The number of aromatic nitrogens is 1. The number of thioether (sulfide) groups is 1. The van der Waals surface area contributed by atoms with Crippen molar-refractivity contribution >= 4 is 27.6 Å². The largest absolute Gasteiger partial charge is 0.359 e. The van der Waals surface area contributed by atoms with Gasteiger partial charge in [0.2, 0.25) is 10.0 Å². The Bertz CT molecular complexity index is 750. The van der Waals surface area contributed by atoms with Gasteiger partial charge in [-0.1, -0.05) is 0 Å². The van der Waals surface area contributed by atoms with Crippen LogP contribution in [0.5, 0.6) is 0 Å². The van der Waals surface area contributed by atoms with Crippen LogP contribution in [-0.4, -0.2) is 80.9 Å². The van der Waals surface area contributed by atoms with Crippen LogP contribution in [0, 0.1) is 12.8 Å². The lowest BCUT2D eigenvalue weighted by Gasteiger charge is -2.24. The molecular formula is C19H32N4O2S2. The Hall–Kier alpha value is -0.830. The summed E-state index contributed by atoms with van der Waals surface area (Å²) in [5.41, 5.74) is 0.765. The molecule has 1 aromatic rings. The van der Waals surface area contributed by atoms with Crippen molar-refractivity contribution in [3.63, 3.8) is 0 Å². The van der Waals surface area contributed by atoms with E-state index in [1.165, 1.54) is 23.3 Å². The third-order valence-electron chi connectivity index (χ3n) is 5.63. The molecule has 8 heteroatoms. The van der Waals surface area contributed by atoms with Gasteiger partial charge < -0.3 is 9.80 Å². The van der Waals surface area contributed by atoms with Crippen LogP contribution in [-0.2, 0) is 10.0 Å². The number of nitrogens with zero attached hydrogens (tertiary/aromatic N) is 4. The van der Waals surface area contributed by atoms with Crippen molar-refractivity contribution in [1.29, 1.82) is 0 Å². The average molecular weight is 413 g/mol. The maximum absolute atomic E-state index is 13.0. The molecule has 152 valence electrons. The van der Waals surface area contributed by atoms with Gasteiger partial charge in [-0.2, -0.15) is 16.1 Å². The first-order chi connectivity index (χ1) is 12.8. The first kappa shape index (κ1) is 20.9. The van der Waals surface area contributed by atoms with E-state index < -0.39 is 10.0 Å². The molecule has 2 atom stereocenters. The van der Waals surface area contributed by atoms with E-state index in [0.717, 1.165) is 43.2 Å². The zero-order valence-corrected chi connectivity index (χ0v) is 18.5. The minimum absolute atomic E-state index is 0.325. The second-order valence-corrected chi connectivity index (χ2v) is 11.4. The van der Waals surface area contributed by atoms with Crippen molar-refractivity contribution in [2.75, 3.05) is 58.0 Å². The summed E-state index contributed by atoms with van der Waals surface area (Å²) < 4.78 is 27.5. The fourth-order valence-electron chi connectivity index (χ4n) is 4.00. The molecule has 6 nitrogen and oxygen atoms in total. The van der Waals surface area contributed by atoms with Crippen LogP contribution in [0.4, 0.5) is 5.82 Å². The summed E-state index contributed by atoms with van der Waals surface area (Å²) in [7, 11) is 2.38. The van der Waals surface area contributed by atoms with Crippen molar-refractivity contribution < 1.29 is 8.42 Å². The Morgan fingerprint density at radius 2 is 2.07 bits per heavy atom. The number of pyridine rings is 1. The minimum atomic E-state index is -3.50. The molecule has 2 unspecified atom stereocenters. The number of likely N-dealkylation sites (tertiary alicyclic amines) is 1. The van der Waals surface area contributed by atoms with Gasteiger partial charge in [0, 0.05) is 45.2 Å². The Morgan fingerprint density at radius 3 is 2.67 bits per heavy atom. The molecule has 0 spiro atoms. The smallest absolute Gasteiger partial charge is 0.244 e. The second-order valence-electron chi connectivity index (χ2n) is 8.03. The summed E-state index contributed by atoms with van der Waals surface area (Å²) in [5.74, 6) is 2.62. The first-order valence-electron chi connectivity index (χ1n) is 9.71. The van der Waals surface area contributed by atoms with E-state index in [1.807, 2.05) is 31.8 Å². The van der Waals surface area contributed by atoms with Crippen molar-refractivity contribution in [3.05, 3.63) is 17.8 Å². The topological polar surface area (TPSA) is 56.8 Å². The fraction of sp³-hybridized carbons (Fsp3) is 0.737. The van der Waals surface area contributed by atoms with Gasteiger partial charge in [0.15, 0.2) is 0 Å². The van der Waals surface area contributed by atoms with E-state index in [-0.39, 0.29) is 0 Å². The average Bonchev–Trinajstić information content (AvgIpc) is 3.26. The molecule has 2 saturated heterocycles. The molecule has 1 aromatic heterocycles. The molecule has 0 aliphatic carbocycles. The fourth-order valence-corrected chi connectivity index (χ4v) is 6.79. The second kappa shape index (κ2) is 8.68. The quantitative estimate of drug-likeness (QED) is 0.685. The molecule has 2 fully saturated rings. The zero-order valence-electron chi connectivity index (χ0n) is 16.9. The van der Waals surface area contributed by atoms with Gasteiger partial charge in [-0.15, -0.1) is 0 Å². The lowest BCUT2D eigenvalue weighted by molar-refractivity contribution is 0.395. The van der Waals surface area contributed by atoms with Crippen LogP contribution >= 0.6 is 11.8 Å². The van der Waals surface area contributed by atoms with Crippen LogP contribution in [0.3, 0.4) is 0 Å². The maximum atomic E-state index is 13.0. The molecule has 2 aliphatic heterocycles. The lowest BCUT2D eigenvalue weighted by Crippen LogP contribution is -2.33. The number of aryl methyl sites for hydroxylation is 1. The van der Waals surface area contributed by atoms with E-state index >= 15 is 0 Å². The van der Waals surface area contributed by atoms with E-state index in [2.05, 4.69) is 21.8 Å². The highest BCUT2D eigenvalue weighted by Gasteiger charge is 2.28. The molecule has 0 aromatic carbocycles. The van der Waals surface area contributed by atoms with Gasteiger partial charge in [-0.3, -0.25) is 0 Å². The molecule has 3 rings (SSSR count). The number of anilines is 1. The highest BCUT2D eigenvalue weighted by molar-refractivity contribution is 8.00. The summed E-state index contributed by atoms with van der Waals surface area (Å²) in [4.78, 5) is 9.30. The van der Waals surface area contributed by atoms with E-state index in [4.69, 9.17) is 0 Å². The highest BCUT2D eigenvalue weighted by Crippen LogP contribution is 2.29. The molecule has 0 saturated carbocycles. The van der Waals surface area contributed by atoms with E-state index in [9.17, 15) is 8.42 Å². The maximum Gasteiger partial charge on any atom is 0.244 e. The van der Waals surface area contributed by atoms with Gasteiger partial charge in [-0.05, 0) is 63.1 Å². The third-order valence-corrected chi connectivity index (χ3v) is 8.97. The normalized spacial score (nSPS) is 24.0. The minimum Gasteiger partial charge on any atom is -0.359 e. The Kier molecular flexibility index (Phi) is 6.71. The van der Waals surface area contributed by atoms with Crippen molar-refractivity contribution in [2.45, 2.75) is 36.3 Å². The molecule has 2 aliphatic rings. The van der Waals surface area contributed by atoms with Crippen molar-refractivity contribution in [1.82, 2.24) is 14.2 Å². The van der Waals surface area contributed by atoms with E-state index in [1.54, 1.807) is 7.05 Å². The Labute approximate surface area is 168 Å². The van der Waals surface area contributed by atoms with Crippen LogP contribution < -0.4 is 4.90 Å². The number of rotatable bonds is 7.